The molecule has 1 aromatic heterocycles. The second kappa shape index (κ2) is 6.12. The standard InChI is InChI=1S/C11H15ClN4O3/c1-15(4-5-19-7-8-2-3-8)10-9(16(17)18)6-13-11(12)14-10/h6,8H,2-5,7H2,1H3. The SMILES string of the molecule is CN(CCOCC1CC1)c1nc(Cl)ncc1[N+](=O)[O-]. The predicted molar refractivity (Wildman–Crippen MR) is 70.5 cm³/mol. The first-order valence-electron chi connectivity index (χ1n) is 6.03. The lowest BCUT2D eigenvalue weighted by Crippen LogP contribution is -2.25. The van der Waals surface area contributed by atoms with Crippen molar-refractivity contribution < 1.29 is 9.66 Å². The van der Waals surface area contributed by atoms with Crippen LogP contribution in [0.2, 0.25) is 5.28 Å². The van der Waals surface area contributed by atoms with Crippen LogP contribution in [-0.4, -0.2) is 41.7 Å². The average Bonchev–Trinajstić information content (AvgIpc) is 3.18. The van der Waals surface area contributed by atoms with Gasteiger partial charge < -0.3 is 9.64 Å². The first kappa shape index (κ1) is 14.0. The highest BCUT2D eigenvalue weighted by atomic mass is 35.5. The zero-order valence-electron chi connectivity index (χ0n) is 10.6. The van der Waals surface area contributed by atoms with Gasteiger partial charge in [0, 0.05) is 20.2 Å². The molecule has 0 aromatic carbocycles. The van der Waals surface area contributed by atoms with E-state index in [0.717, 1.165) is 12.8 Å². The molecule has 2 rings (SSSR count). The molecule has 0 spiro atoms. The Bertz CT molecular complexity index is 467. The maximum Gasteiger partial charge on any atom is 0.329 e. The highest BCUT2D eigenvalue weighted by molar-refractivity contribution is 6.28. The molecule has 1 saturated carbocycles. The fraction of sp³-hybridized carbons (Fsp3) is 0.636. The van der Waals surface area contributed by atoms with Crippen LogP contribution in [-0.2, 0) is 4.74 Å². The molecule has 1 aliphatic rings. The first-order chi connectivity index (χ1) is 9.08. The predicted octanol–water partition coefficient (Wildman–Crippen LogP) is 1.90. The number of nitro groups is 1. The molecular formula is C11H15ClN4O3. The molecule has 0 amide bonds. The molecule has 1 aromatic rings. The lowest BCUT2D eigenvalue weighted by atomic mass is 10.4. The zero-order chi connectivity index (χ0) is 13.8. The second-order valence-electron chi connectivity index (χ2n) is 4.54. The van der Waals surface area contributed by atoms with E-state index < -0.39 is 4.92 Å². The van der Waals surface area contributed by atoms with E-state index in [1.807, 2.05) is 0 Å². The molecule has 0 radical (unpaired) electrons. The van der Waals surface area contributed by atoms with Crippen molar-refractivity contribution in [2.45, 2.75) is 12.8 Å². The van der Waals surface area contributed by atoms with Crippen molar-refractivity contribution >= 4 is 23.1 Å². The summed E-state index contributed by atoms with van der Waals surface area (Å²) in [4.78, 5) is 19.5. The van der Waals surface area contributed by atoms with Crippen LogP contribution >= 0.6 is 11.6 Å². The molecule has 0 aliphatic heterocycles. The lowest BCUT2D eigenvalue weighted by Gasteiger charge is -2.17. The number of hydrogen-bond acceptors (Lipinski definition) is 6. The summed E-state index contributed by atoms with van der Waals surface area (Å²) in [6.07, 6.45) is 3.60. The number of nitrogens with zero attached hydrogens (tertiary/aromatic N) is 4. The van der Waals surface area contributed by atoms with Gasteiger partial charge in [-0.1, -0.05) is 0 Å². The summed E-state index contributed by atoms with van der Waals surface area (Å²) in [6.45, 7) is 1.78. The van der Waals surface area contributed by atoms with Gasteiger partial charge in [0.1, 0.15) is 6.20 Å². The van der Waals surface area contributed by atoms with Gasteiger partial charge in [0.15, 0.2) is 0 Å². The molecule has 1 fully saturated rings. The fourth-order valence-electron chi connectivity index (χ4n) is 1.60. The minimum Gasteiger partial charge on any atom is -0.379 e. The van der Waals surface area contributed by atoms with E-state index in [2.05, 4.69) is 9.97 Å². The number of likely N-dealkylation sites (N-methyl/N-ethyl adjacent to an activating group) is 1. The second-order valence-corrected chi connectivity index (χ2v) is 4.88. The number of anilines is 1. The Balaban J connectivity index is 1.93. The Morgan fingerprint density at radius 3 is 3.00 bits per heavy atom. The molecule has 0 atom stereocenters. The van der Waals surface area contributed by atoms with Crippen molar-refractivity contribution in [1.82, 2.24) is 9.97 Å². The van der Waals surface area contributed by atoms with Gasteiger partial charge in [-0.2, -0.15) is 4.98 Å². The van der Waals surface area contributed by atoms with Crippen molar-refractivity contribution in [2.24, 2.45) is 5.92 Å². The van der Waals surface area contributed by atoms with Crippen molar-refractivity contribution in [2.75, 3.05) is 31.7 Å². The van der Waals surface area contributed by atoms with Gasteiger partial charge in [0.05, 0.1) is 11.5 Å². The average molecular weight is 287 g/mol. The fourth-order valence-corrected chi connectivity index (χ4v) is 1.73. The van der Waals surface area contributed by atoms with Crippen LogP contribution in [0.1, 0.15) is 12.8 Å². The van der Waals surface area contributed by atoms with Gasteiger partial charge >= 0.3 is 5.69 Å². The molecule has 104 valence electrons. The Kier molecular flexibility index (Phi) is 4.49. The third-order valence-electron chi connectivity index (χ3n) is 2.90. The summed E-state index contributed by atoms with van der Waals surface area (Å²) in [5.41, 5.74) is -0.158. The Hall–Kier alpha value is -1.47. The molecule has 8 heteroatoms. The van der Waals surface area contributed by atoms with Crippen molar-refractivity contribution in [3.8, 4) is 0 Å². The van der Waals surface area contributed by atoms with Crippen LogP contribution in [0.5, 0.6) is 0 Å². The van der Waals surface area contributed by atoms with E-state index >= 15 is 0 Å². The molecule has 19 heavy (non-hydrogen) atoms. The maximum atomic E-state index is 10.9. The zero-order valence-corrected chi connectivity index (χ0v) is 11.3. The third-order valence-corrected chi connectivity index (χ3v) is 3.08. The van der Waals surface area contributed by atoms with Crippen LogP contribution in [0.3, 0.4) is 0 Å². The summed E-state index contributed by atoms with van der Waals surface area (Å²) in [5, 5.41) is 10.9. The monoisotopic (exact) mass is 286 g/mol. The number of rotatable bonds is 7. The molecule has 1 heterocycles. The van der Waals surface area contributed by atoms with E-state index in [1.54, 1.807) is 11.9 Å². The molecule has 1 aliphatic carbocycles. The van der Waals surface area contributed by atoms with Crippen LogP contribution in [0.4, 0.5) is 11.5 Å². The van der Waals surface area contributed by atoms with Crippen molar-refractivity contribution in [1.29, 1.82) is 0 Å². The molecular weight excluding hydrogens is 272 g/mol. The molecule has 0 saturated heterocycles. The summed E-state index contributed by atoms with van der Waals surface area (Å²) >= 11 is 5.67. The van der Waals surface area contributed by atoms with Gasteiger partial charge in [-0.05, 0) is 30.4 Å². The molecule has 0 unspecified atom stereocenters. The van der Waals surface area contributed by atoms with Gasteiger partial charge in [-0.3, -0.25) is 10.1 Å². The van der Waals surface area contributed by atoms with E-state index in [9.17, 15) is 10.1 Å². The van der Waals surface area contributed by atoms with Crippen LogP contribution in [0, 0.1) is 16.0 Å². The molecule has 0 N–H and O–H groups in total. The Morgan fingerprint density at radius 1 is 1.63 bits per heavy atom. The Labute approximate surface area is 115 Å². The number of hydrogen-bond donors (Lipinski definition) is 0. The largest absolute Gasteiger partial charge is 0.379 e. The maximum absolute atomic E-state index is 10.9. The summed E-state index contributed by atoms with van der Waals surface area (Å²) < 4.78 is 5.49. The molecule has 0 bridgehead atoms. The first-order valence-corrected chi connectivity index (χ1v) is 6.41. The van der Waals surface area contributed by atoms with Crippen LogP contribution < -0.4 is 4.90 Å². The van der Waals surface area contributed by atoms with Gasteiger partial charge in [-0.15, -0.1) is 0 Å². The highest BCUT2D eigenvalue weighted by Crippen LogP contribution is 2.29. The van der Waals surface area contributed by atoms with E-state index in [0.29, 0.717) is 19.1 Å². The van der Waals surface area contributed by atoms with Crippen molar-refractivity contribution in [3.05, 3.63) is 21.6 Å². The minimum absolute atomic E-state index is 0.00801. The van der Waals surface area contributed by atoms with Gasteiger partial charge in [0.25, 0.3) is 0 Å². The summed E-state index contributed by atoms with van der Waals surface area (Å²) in [7, 11) is 1.71. The van der Waals surface area contributed by atoms with E-state index in [4.69, 9.17) is 16.3 Å². The number of halogens is 1. The minimum atomic E-state index is -0.521. The smallest absolute Gasteiger partial charge is 0.329 e. The third kappa shape index (κ3) is 4.00. The van der Waals surface area contributed by atoms with Gasteiger partial charge in [0.2, 0.25) is 11.1 Å². The summed E-state index contributed by atoms with van der Waals surface area (Å²) in [5.74, 6) is 0.910. The van der Waals surface area contributed by atoms with E-state index in [1.165, 1.54) is 12.8 Å². The number of ether oxygens (including phenoxy) is 1. The van der Waals surface area contributed by atoms with Crippen LogP contribution in [0.25, 0.3) is 0 Å². The number of aromatic nitrogens is 2. The van der Waals surface area contributed by atoms with Crippen LogP contribution in [0.15, 0.2) is 6.20 Å². The Morgan fingerprint density at radius 2 is 2.37 bits per heavy atom. The summed E-state index contributed by atoms with van der Waals surface area (Å²) in [6, 6.07) is 0. The van der Waals surface area contributed by atoms with Gasteiger partial charge in [-0.25, -0.2) is 4.98 Å². The lowest BCUT2D eigenvalue weighted by molar-refractivity contribution is -0.384. The molecule has 7 nitrogen and oxygen atoms in total. The van der Waals surface area contributed by atoms with Crippen molar-refractivity contribution in [3.63, 3.8) is 0 Å². The highest BCUT2D eigenvalue weighted by Gasteiger charge is 2.22. The van der Waals surface area contributed by atoms with E-state index in [-0.39, 0.29) is 16.8 Å². The quantitative estimate of drug-likeness (QED) is 0.329. The topological polar surface area (TPSA) is 81.4 Å². The normalized spacial score (nSPS) is 14.4.